The number of methoxy groups -OCH3 is 1. The van der Waals surface area contributed by atoms with Crippen LogP contribution in [0.15, 0.2) is 24.3 Å². The van der Waals surface area contributed by atoms with E-state index in [9.17, 15) is 9.59 Å². The highest BCUT2D eigenvalue weighted by atomic mass is 32.1. The first-order chi connectivity index (χ1) is 11.8. The van der Waals surface area contributed by atoms with E-state index in [-0.39, 0.29) is 5.11 Å². The topological polar surface area (TPSA) is 85.9 Å². The van der Waals surface area contributed by atoms with Gasteiger partial charge >= 0.3 is 6.03 Å². The summed E-state index contributed by atoms with van der Waals surface area (Å²) in [5, 5.41) is 6.76. The Morgan fingerprint density at radius 2 is 1.96 bits per heavy atom. The van der Waals surface area contributed by atoms with Crippen LogP contribution in [0, 0.1) is 0 Å². The van der Waals surface area contributed by atoms with Gasteiger partial charge in [0.25, 0.3) is 5.91 Å². The number of hydrogen-bond acceptors (Lipinski definition) is 5. The van der Waals surface area contributed by atoms with E-state index in [1.165, 1.54) is 0 Å². The summed E-state index contributed by atoms with van der Waals surface area (Å²) in [7, 11) is 5.45. The van der Waals surface area contributed by atoms with Crippen LogP contribution in [0.1, 0.15) is 12.5 Å². The molecule has 1 aromatic carbocycles. The van der Waals surface area contributed by atoms with Crippen molar-refractivity contribution >= 4 is 29.3 Å². The molecule has 3 N–H and O–H groups in total. The lowest BCUT2D eigenvalue weighted by molar-refractivity contribution is -0.132. The Labute approximate surface area is 152 Å². The maximum atomic E-state index is 12.8. The zero-order valence-corrected chi connectivity index (χ0v) is 15.6. The first-order valence-corrected chi connectivity index (χ1v) is 8.19. The van der Waals surface area contributed by atoms with E-state index in [2.05, 4.69) is 16.1 Å². The Hall–Kier alpha value is -2.39. The number of hydrazine groups is 1. The molecule has 1 aliphatic heterocycles. The average Bonchev–Trinajstić information content (AvgIpc) is 2.79. The van der Waals surface area contributed by atoms with E-state index in [1.807, 2.05) is 19.0 Å². The van der Waals surface area contributed by atoms with Gasteiger partial charge in [-0.2, -0.15) is 5.01 Å². The maximum absolute atomic E-state index is 12.8. The van der Waals surface area contributed by atoms with E-state index in [1.54, 1.807) is 38.3 Å². The molecule has 0 saturated carbocycles. The molecule has 25 heavy (non-hydrogen) atoms. The van der Waals surface area contributed by atoms with Crippen molar-refractivity contribution in [1.29, 1.82) is 0 Å². The summed E-state index contributed by atoms with van der Waals surface area (Å²) < 4.78 is 5.12. The van der Waals surface area contributed by atoms with Crippen LogP contribution in [0.25, 0.3) is 0 Å². The van der Waals surface area contributed by atoms with Gasteiger partial charge in [0.1, 0.15) is 11.3 Å². The summed E-state index contributed by atoms with van der Waals surface area (Å²) in [5.41, 5.74) is 2.13. The number of rotatable bonds is 6. The third kappa shape index (κ3) is 4.18. The number of thiocarbonyl (C=S) groups is 1. The minimum absolute atomic E-state index is 0.212. The normalized spacial score (nSPS) is 19.8. The fourth-order valence-electron chi connectivity index (χ4n) is 2.39. The molecular formula is C16H23N5O3S. The zero-order chi connectivity index (χ0) is 18.6. The lowest BCUT2D eigenvalue weighted by Gasteiger charge is -2.23. The Morgan fingerprint density at radius 1 is 1.32 bits per heavy atom. The zero-order valence-electron chi connectivity index (χ0n) is 14.8. The fourth-order valence-corrected chi connectivity index (χ4v) is 2.59. The van der Waals surface area contributed by atoms with Crippen LogP contribution >= 0.6 is 12.2 Å². The van der Waals surface area contributed by atoms with Gasteiger partial charge in [0.2, 0.25) is 0 Å². The predicted molar refractivity (Wildman–Crippen MR) is 98.0 cm³/mol. The molecule has 9 heteroatoms. The number of hydrogen-bond donors (Lipinski definition) is 3. The van der Waals surface area contributed by atoms with Crippen LogP contribution in [0.3, 0.4) is 0 Å². The van der Waals surface area contributed by atoms with Gasteiger partial charge in [-0.25, -0.2) is 4.79 Å². The van der Waals surface area contributed by atoms with Gasteiger partial charge in [-0.3, -0.25) is 10.2 Å². The SMILES string of the molecule is COc1ccc([C@@]2(C)NC(=O)N(NC(=S)NCCN(C)C)C2=O)cc1. The van der Waals surface area contributed by atoms with Crippen LogP contribution in [0.5, 0.6) is 5.75 Å². The molecule has 0 aromatic heterocycles. The average molecular weight is 365 g/mol. The molecule has 0 spiro atoms. The summed E-state index contributed by atoms with van der Waals surface area (Å²) in [6, 6.07) is 6.41. The Bertz CT molecular complexity index is 664. The fraction of sp³-hybridized carbons (Fsp3) is 0.438. The number of benzene rings is 1. The van der Waals surface area contributed by atoms with Gasteiger partial charge in [-0.15, -0.1) is 0 Å². The molecule has 0 aliphatic carbocycles. The standard InChI is InChI=1S/C16H23N5O3S/c1-16(11-5-7-12(24-4)8-6-11)13(22)21(15(23)18-16)19-14(25)17-9-10-20(2)3/h5-8H,9-10H2,1-4H3,(H,18,23)(H2,17,19,25)/t16-/m1/s1. The lowest BCUT2D eigenvalue weighted by atomic mass is 9.92. The van der Waals surface area contributed by atoms with Crippen LogP contribution in [-0.2, 0) is 10.3 Å². The molecule has 1 aliphatic rings. The van der Waals surface area contributed by atoms with Crippen LogP contribution in [0.4, 0.5) is 4.79 Å². The molecule has 0 radical (unpaired) electrons. The number of nitrogens with zero attached hydrogens (tertiary/aromatic N) is 2. The Morgan fingerprint density at radius 3 is 2.52 bits per heavy atom. The largest absolute Gasteiger partial charge is 0.497 e. The van der Waals surface area contributed by atoms with Crippen molar-refractivity contribution in [3.63, 3.8) is 0 Å². The van der Waals surface area contributed by atoms with Gasteiger partial charge < -0.3 is 20.3 Å². The molecule has 1 aromatic rings. The number of nitrogens with one attached hydrogen (secondary N) is 3. The summed E-state index contributed by atoms with van der Waals surface area (Å²) in [6.45, 7) is 3.02. The Kier molecular flexibility index (Phi) is 5.81. The van der Waals surface area contributed by atoms with E-state index >= 15 is 0 Å². The number of ether oxygens (including phenoxy) is 1. The van der Waals surface area contributed by atoms with Gasteiger partial charge in [-0.1, -0.05) is 12.1 Å². The summed E-state index contributed by atoms with van der Waals surface area (Å²) in [4.78, 5) is 27.0. The number of imide groups is 1. The predicted octanol–water partition coefficient (Wildman–Crippen LogP) is 0.403. The van der Waals surface area contributed by atoms with E-state index < -0.39 is 17.5 Å². The number of amides is 3. The maximum Gasteiger partial charge on any atom is 0.344 e. The highest BCUT2D eigenvalue weighted by molar-refractivity contribution is 7.80. The van der Waals surface area contributed by atoms with Crippen LogP contribution in [-0.4, -0.2) is 61.3 Å². The molecule has 1 fully saturated rings. The number of carbonyl (C=O) groups excluding carboxylic acids is 2. The lowest BCUT2D eigenvalue weighted by Crippen LogP contribution is -2.51. The molecule has 3 amide bonds. The van der Waals surface area contributed by atoms with Gasteiger partial charge in [0, 0.05) is 13.1 Å². The minimum Gasteiger partial charge on any atom is -0.497 e. The second-order valence-electron chi connectivity index (χ2n) is 6.10. The molecule has 0 bridgehead atoms. The summed E-state index contributed by atoms with van der Waals surface area (Å²) in [6.07, 6.45) is 0. The first-order valence-electron chi connectivity index (χ1n) is 7.78. The molecular weight excluding hydrogens is 342 g/mol. The molecule has 8 nitrogen and oxygen atoms in total. The summed E-state index contributed by atoms with van der Waals surface area (Å²) >= 11 is 5.14. The first kappa shape index (κ1) is 18.9. The summed E-state index contributed by atoms with van der Waals surface area (Å²) in [5.74, 6) is 0.241. The molecule has 1 atom stereocenters. The third-order valence-electron chi connectivity index (χ3n) is 3.92. The van der Waals surface area contributed by atoms with E-state index in [0.29, 0.717) is 17.9 Å². The molecule has 0 unspecified atom stereocenters. The molecule has 1 saturated heterocycles. The quantitative estimate of drug-likeness (QED) is 0.497. The third-order valence-corrected chi connectivity index (χ3v) is 4.15. The Balaban J connectivity index is 2.06. The van der Waals surface area contributed by atoms with Gasteiger partial charge in [-0.05, 0) is 50.9 Å². The molecule has 2 rings (SSSR count). The molecule has 1 heterocycles. The smallest absolute Gasteiger partial charge is 0.344 e. The van der Waals surface area contributed by atoms with E-state index in [4.69, 9.17) is 17.0 Å². The monoisotopic (exact) mass is 365 g/mol. The highest BCUT2D eigenvalue weighted by Crippen LogP contribution is 2.29. The highest BCUT2D eigenvalue weighted by Gasteiger charge is 2.49. The van der Waals surface area contributed by atoms with Crippen molar-refractivity contribution in [2.45, 2.75) is 12.5 Å². The minimum atomic E-state index is -1.17. The van der Waals surface area contributed by atoms with Crippen molar-refractivity contribution < 1.29 is 14.3 Å². The van der Waals surface area contributed by atoms with Crippen molar-refractivity contribution in [1.82, 2.24) is 26.0 Å². The number of likely N-dealkylation sites (N-methyl/N-ethyl adjacent to an activating group) is 1. The van der Waals surface area contributed by atoms with Crippen LogP contribution in [0.2, 0.25) is 0 Å². The van der Waals surface area contributed by atoms with Crippen molar-refractivity contribution in [2.24, 2.45) is 0 Å². The van der Waals surface area contributed by atoms with Crippen molar-refractivity contribution in [3.8, 4) is 5.75 Å². The van der Waals surface area contributed by atoms with Crippen molar-refractivity contribution in [3.05, 3.63) is 29.8 Å². The number of urea groups is 1. The van der Waals surface area contributed by atoms with Crippen molar-refractivity contribution in [2.75, 3.05) is 34.3 Å². The van der Waals surface area contributed by atoms with E-state index in [0.717, 1.165) is 11.6 Å². The number of carbonyl (C=O) groups is 2. The molecule has 136 valence electrons. The second-order valence-corrected chi connectivity index (χ2v) is 6.50. The van der Waals surface area contributed by atoms with Crippen LogP contribution < -0.4 is 20.8 Å². The second kappa shape index (κ2) is 7.66. The van der Waals surface area contributed by atoms with Gasteiger partial charge in [0.05, 0.1) is 7.11 Å². The van der Waals surface area contributed by atoms with Gasteiger partial charge in [0.15, 0.2) is 5.11 Å².